The summed E-state index contributed by atoms with van der Waals surface area (Å²) in [5, 5.41) is 6.43. The van der Waals surface area contributed by atoms with Crippen LogP contribution in [0.25, 0.3) is 33.2 Å². The Morgan fingerprint density at radius 3 is 2.71 bits per heavy atom. The van der Waals surface area contributed by atoms with Gasteiger partial charge in [0.2, 0.25) is 0 Å². The summed E-state index contributed by atoms with van der Waals surface area (Å²) in [5.74, 6) is 0.849. The van der Waals surface area contributed by atoms with Gasteiger partial charge in [-0.2, -0.15) is 5.10 Å². The van der Waals surface area contributed by atoms with Crippen molar-refractivity contribution in [1.82, 2.24) is 19.7 Å². The van der Waals surface area contributed by atoms with Crippen molar-refractivity contribution >= 4 is 21.9 Å². The van der Waals surface area contributed by atoms with E-state index in [1.165, 1.54) is 0 Å². The Hall–Kier alpha value is -2.82. The number of rotatable bonds is 2. The molecular weight excluding hydrogens is 264 g/mol. The second-order valence-electron chi connectivity index (χ2n) is 5.00. The predicted molar refractivity (Wildman–Crippen MR) is 82.4 cm³/mol. The van der Waals surface area contributed by atoms with Crippen LogP contribution in [0.1, 0.15) is 0 Å². The van der Waals surface area contributed by atoms with Gasteiger partial charge in [-0.3, -0.25) is 4.68 Å². The Morgan fingerprint density at radius 2 is 1.95 bits per heavy atom. The van der Waals surface area contributed by atoms with Gasteiger partial charge in [-0.15, -0.1) is 0 Å². The lowest BCUT2D eigenvalue weighted by molar-refractivity contribution is 0.415. The zero-order valence-electron chi connectivity index (χ0n) is 11.8. The smallest absolute Gasteiger partial charge is 0.139 e. The van der Waals surface area contributed by atoms with Gasteiger partial charge in [0.05, 0.1) is 18.8 Å². The summed E-state index contributed by atoms with van der Waals surface area (Å²) in [5.41, 5.74) is 4.10. The first kappa shape index (κ1) is 12.0. The van der Waals surface area contributed by atoms with Crippen LogP contribution in [0.3, 0.4) is 0 Å². The molecule has 0 aliphatic carbocycles. The first-order valence-corrected chi connectivity index (χ1v) is 6.70. The monoisotopic (exact) mass is 278 g/mol. The Labute approximate surface area is 121 Å². The number of nitrogens with zero attached hydrogens (tertiary/aromatic N) is 3. The number of aromatic nitrogens is 4. The van der Waals surface area contributed by atoms with Gasteiger partial charge in [0, 0.05) is 29.7 Å². The normalized spacial score (nSPS) is 11.3. The third kappa shape index (κ3) is 1.78. The number of H-pyrrole nitrogens is 1. The van der Waals surface area contributed by atoms with Crippen LogP contribution >= 0.6 is 0 Å². The molecule has 3 aromatic heterocycles. The lowest BCUT2D eigenvalue weighted by atomic mass is 10.1. The SMILES string of the molecule is COc1ccc(-c2cc3c(ncc4cnn(C)c43)[nH]2)cc1. The van der Waals surface area contributed by atoms with Crippen molar-refractivity contribution in [3.05, 3.63) is 42.7 Å². The third-order valence-corrected chi connectivity index (χ3v) is 3.75. The molecule has 0 radical (unpaired) electrons. The zero-order valence-corrected chi connectivity index (χ0v) is 11.8. The van der Waals surface area contributed by atoms with E-state index in [1.54, 1.807) is 7.11 Å². The maximum absolute atomic E-state index is 5.19. The molecule has 0 aliphatic rings. The average molecular weight is 278 g/mol. The van der Waals surface area contributed by atoms with Crippen LogP contribution in [0.5, 0.6) is 5.75 Å². The predicted octanol–water partition coefficient (Wildman–Crippen LogP) is 3.13. The van der Waals surface area contributed by atoms with Gasteiger partial charge in [0.1, 0.15) is 11.4 Å². The zero-order chi connectivity index (χ0) is 14.4. The Balaban J connectivity index is 1.93. The molecule has 3 heterocycles. The molecule has 4 rings (SSSR count). The molecule has 0 aliphatic heterocycles. The Morgan fingerprint density at radius 1 is 1.14 bits per heavy atom. The van der Waals surface area contributed by atoms with Crippen molar-refractivity contribution in [2.45, 2.75) is 0 Å². The fourth-order valence-corrected chi connectivity index (χ4v) is 2.66. The molecular formula is C16H14N4O. The van der Waals surface area contributed by atoms with E-state index in [1.807, 2.05) is 48.4 Å². The van der Waals surface area contributed by atoms with E-state index in [9.17, 15) is 0 Å². The fraction of sp³-hybridized carbons (Fsp3) is 0.125. The highest BCUT2D eigenvalue weighted by atomic mass is 16.5. The number of aryl methyl sites for hydroxylation is 1. The maximum atomic E-state index is 5.19. The van der Waals surface area contributed by atoms with Crippen LogP contribution < -0.4 is 4.74 Å². The lowest BCUT2D eigenvalue weighted by Crippen LogP contribution is -1.89. The standard InChI is InChI=1S/C16H14N4O/c1-20-15-11(9-18-20)8-17-16-13(15)7-14(19-16)10-3-5-12(21-2)6-4-10/h3-9H,1-2H3,(H,17,19). The summed E-state index contributed by atoms with van der Waals surface area (Å²) < 4.78 is 7.07. The molecule has 0 bridgehead atoms. The Bertz CT molecular complexity index is 934. The molecule has 4 aromatic rings. The fourth-order valence-electron chi connectivity index (χ4n) is 2.66. The van der Waals surface area contributed by atoms with Gasteiger partial charge in [-0.25, -0.2) is 4.98 Å². The van der Waals surface area contributed by atoms with Crippen molar-refractivity contribution in [2.75, 3.05) is 7.11 Å². The van der Waals surface area contributed by atoms with Crippen molar-refractivity contribution < 1.29 is 4.74 Å². The van der Waals surface area contributed by atoms with Crippen LogP contribution in [-0.4, -0.2) is 26.9 Å². The highest BCUT2D eigenvalue weighted by molar-refractivity contribution is 6.04. The van der Waals surface area contributed by atoms with E-state index in [0.717, 1.165) is 38.9 Å². The van der Waals surface area contributed by atoms with Crippen LogP contribution in [0, 0.1) is 0 Å². The van der Waals surface area contributed by atoms with E-state index in [2.05, 4.69) is 21.1 Å². The summed E-state index contributed by atoms with van der Waals surface area (Å²) in [7, 11) is 3.61. The number of hydrogen-bond acceptors (Lipinski definition) is 3. The van der Waals surface area contributed by atoms with Crippen molar-refractivity contribution in [2.24, 2.45) is 7.05 Å². The van der Waals surface area contributed by atoms with Crippen LogP contribution in [-0.2, 0) is 7.05 Å². The molecule has 0 saturated heterocycles. The minimum atomic E-state index is 0.849. The van der Waals surface area contributed by atoms with Gasteiger partial charge in [0.25, 0.3) is 0 Å². The molecule has 1 N–H and O–H groups in total. The highest BCUT2D eigenvalue weighted by Crippen LogP contribution is 2.29. The molecule has 0 amide bonds. The summed E-state index contributed by atoms with van der Waals surface area (Å²) >= 11 is 0. The summed E-state index contributed by atoms with van der Waals surface area (Å²) in [6, 6.07) is 10.1. The number of aromatic amines is 1. The van der Waals surface area contributed by atoms with E-state index in [0.29, 0.717) is 0 Å². The molecule has 21 heavy (non-hydrogen) atoms. The molecule has 1 aromatic carbocycles. The minimum absolute atomic E-state index is 0.849. The number of nitrogens with one attached hydrogen (secondary N) is 1. The van der Waals surface area contributed by atoms with E-state index < -0.39 is 0 Å². The second-order valence-corrected chi connectivity index (χ2v) is 5.00. The molecule has 0 spiro atoms. The molecule has 0 saturated carbocycles. The number of pyridine rings is 1. The van der Waals surface area contributed by atoms with Crippen LogP contribution in [0.4, 0.5) is 0 Å². The van der Waals surface area contributed by atoms with Gasteiger partial charge < -0.3 is 9.72 Å². The van der Waals surface area contributed by atoms with Gasteiger partial charge in [-0.1, -0.05) is 0 Å². The first-order valence-electron chi connectivity index (χ1n) is 6.70. The quantitative estimate of drug-likeness (QED) is 0.613. The summed E-state index contributed by atoms with van der Waals surface area (Å²) in [6.45, 7) is 0. The molecule has 0 atom stereocenters. The average Bonchev–Trinajstić information content (AvgIpc) is 3.11. The highest BCUT2D eigenvalue weighted by Gasteiger charge is 2.10. The van der Waals surface area contributed by atoms with E-state index in [-0.39, 0.29) is 0 Å². The van der Waals surface area contributed by atoms with Gasteiger partial charge >= 0.3 is 0 Å². The summed E-state index contributed by atoms with van der Waals surface area (Å²) in [4.78, 5) is 7.83. The van der Waals surface area contributed by atoms with Crippen molar-refractivity contribution in [3.63, 3.8) is 0 Å². The number of benzene rings is 1. The molecule has 0 fully saturated rings. The van der Waals surface area contributed by atoms with Crippen LogP contribution in [0.15, 0.2) is 42.7 Å². The topological polar surface area (TPSA) is 55.7 Å². The Kier molecular flexibility index (Phi) is 2.47. The van der Waals surface area contributed by atoms with E-state index >= 15 is 0 Å². The molecule has 5 nitrogen and oxygen atoms in total. The second kappa shape index (κ2) is 4.34. The third-order valence-electron chi connectivity index (χ3n) is 3.75. The molecule has 0 unspecified atom stereocenters. The van der Waals surface area contributed by atoms with Gasteiger partial charge in [-0.05, 0) is 35.9 Å². The number of fused-ring (bicyclic) bond motifs is 3. The number of methoxy groups -OCH3 is 1. The minimum Gasteiger partial charge on any atom is -0.497 e. The van der Waals surface area contributed by atoms with E-state index in [4.69, 9.17) is 4.74 Å². The largest absolute Gasteiger partial charge is 0.497 e. The number of hydrogen-bond donors (Lipinski definition) is 1. The van der Waals surface area contributed by atoms with Crippen LogP contribution in [0.2, 0.25) is 0 Å². The lowest BCUT2D eigenvalue weighted by Gasteiger charge is -2.00. The maximum Gasteiger partial charge on any atom is 0.139 e. The number of ether oxygens (including phenoxy) is 1. The summed E-state index contributed by atoms with van der Waals surface area (Å²) in [6.07, 6.45) is 3.68. The van der Waals surface area contributed by atoms with Crippen molar-refractivity contribution in [3.8, 4) is 17.0 Å². The molecule has 5 heteroatoms. The van der Waals surface area contributed by atoms with Gasteiger partial charge in [0.15, 0.2) is 0 Å². The first-order chi connectivity index (χ1) is 10.3. The molecule has 104 valence electrons. The van der Waals surface area contributed by atoms with Crippen molar-refractivity contribution in [1.29, 1.82) is 0 Å².